The molecule has 0 aliphatic heterocycles. The Labute approximate surface area is 115 Å². The molecule has 1 unspecified atom stereocenters. The number of methoxy groups -OCH3 is 1. The van der Waals surface area contributed by atoms with E-state index in [2.05, 4.69) is 32.0 Å². The molecule has 7 nitrogen and oxygen atoms in total. The summed E-state index contributed by atoms with van der Waals surface area (Å²) in [5.74, 6) is -0.560. The van der Waals surface area contributed by atoms with Crippen LogP contribution in [0.15, 0.2) is 38.5 Å². The average Bonchev–Trinajstić information content (AvgIpc) is 2.86. The molecule has 20 heavy (non-hydrogen) atoms. The van der Waals surface area contributed by atoms with Crippen molar-refractivity contribution in [3.63, 3.8) is 0 Å². The second-order valence-electron chi connectivity index (χ2n) is 4.01. The maximum Gasteiger partial charge on any atom is 0.542 e. The number of hydrogen-bond acceptors (Lipinski definition) is 7. The van der Waals surface area contributed by atoms with Gasteiger partial charge >= 0.3 is 12.0 Å². The van der Waals surface area contributed by atoms with Gasteiger partial charge in [-0.25, -0.2) is 9.59 Å². The van der Waals surface area contributed by atoms with Crippen molar-refractivity contribution in [3.8, 4) is 0 Å². The van der Waals surface area contributed by atoms with E-state index in [9.17, 15) is 9.59 Å². The monoisotopic (exact) mass is 283 g/mol. The van der Waals surface area contributed by atoms with Gasteiger partial charge in [-0.3, -0.25) is 4.52 Å². The number of aryl methyl sites for hydroxylation is 1. The molecule has 1 aromatic rings. The van der Waals surface area contributed by atoms with Gasteiger partial charge < -0.3 is 13.9 Å². The zero-order valence-corrected chi connectivity index (χ0v) is 11.3. The minimum Gasteiger partial charge on any atom is -0.438 e. The lowest BCUT2D eigenvalue weighted by molar-refractivity contribution is 0.0467. The van der Waals surface area contributed by atoms with E-state index >= 15 is 0 Å². The van der Waals surface area contributed by atoms with Crippen molar-refractivity contribution in [2.45, 2.75) is 31.8 Å². The fourth-order valence-electron chi connectivity index (χ4n) is 1.54. The van der Waals surface area contributed by atoms with Gasteiger partial charge in [-0.2, -0.15) is 0 Å². The molecule has 0 aliphatic carbocycles. The maximum absolute atomic E-state index is 11.1. The van der Waals surface area contributed by atoms with Crippen LogP contribution >= 0.6 is 0 Å². The Morgan fingerprint density at radius 1 is 1.50 bits per heavy atom. The summed E-state index contributed by atoms with van der Waals surface area (Å²) in [7, 11) is 1.24. The second-order valence-corrected chi connectivity index (χ2v) is 4.01. The molecular formula is C13H17NO6. The molecule has 1 heterocycles. The zero-order chi connectivity index (χ0) is 15.0. The van der Waals surface area contributed by atoms with Crippen LogP contribution in [0.1, 0.15) is 25.2 Å². The molecule has 0 aromatic carbocycles. The Bertz CT molecular complexity index is 515. The van der Waals surface area contributed by atoms with Crippen LogP contribution in [0.3, 0.4) is 0 Å². The summed E-state index contributed by atoms with van der Waals surface area (Å²) in [5, 5.41) is 3.45. The van der Waals surface area contributed by atoms with Crippen LogP contribution in [-0.2, 0) is 15.9 Å². The van der Waals surface area contributed by atoms with E-state index in [0.29, 0.717) is 31.3 Å². The van der Waals surface area contributed by atoms with Gasteiger partial charge in [-0.1, -0.05) is 19.2 Å². The average molecular weight is 283 g/mol. The molecule has 0 saturated heterocycles. The normalized spacial score (nSPS) is 11.7. The number of unbranched alkanes of at least 4 members (excludes halogenated alkanes) is 1. The first-order valence-electron chi connectivity index (χ1n) is 6.08. The molecule has 0 radical (unpaired) electrons. The number of aromatic nitrogens is 1. The van der Waals surface area contributed by atoms with E-state index in [1.807, 2.05) is 0 Å². The summed E-state index contributed by atoms with van der Waals surface area (Å²) in [6.45, 7) is 7.35. The van der Waals surface area contributed by atoms with Gasteiger partial charge in [-0.05, 0) is 30.0 Å². The molecule has 0 aliphatic rings. The summed E-state index contributed by atoms with van der Waals surface area (Å²) in [6.07, 6.45) is 2.72. The van der Waals surface area contributed by atoms with Crippen LogP contribution in [-0.4, -0.2) is 24.5 Å². The molecule has 0 amide bonds. The van der Waals surface area contributed by atoms with Crippen molar-refractivity contribution in [3.05, 3.63) is 41.3 Å². The van der Waals surface area contributed by atoms with Gasteiger partial charge in [0.2, 0.25) is 5.89 Å². The van der Waals surface area contributed by atoms with Crippen LogP contribution in [0.25, 0.3) is 0 Å². The highest BCUT2D eigenvalue weighted by Gasteiger charge is 2.16. The lowest BCUT2D eigenvalue weighted by Crippen LogP contribution is -2.19. The van der Waals surface area contributed by atoms with Gasteiger partial charge in [0.1, 0.15) is 6.10 Å². The van der Waals surface area contributed by atoms with Crippen LogP contribution in [0.5, 0.6) is 0 Å². The van der Waals surface area contributed by atoms with Crippen LogP contribution < -0.4 is 5.82 Å². The first-order valence-corrected chi connectivity index (χ1v) is 6.08. The smallest absolute Gasteiger partial charge is 0.438 e. The SMILES string of the molecule is C=CC(=C)C(CCCCc1noc(=O)o1)OC(=O)OC. The third-order valence-electron chi connectivity index (χ3n) is 2.61. The third kappa shape index (κ3) is 5.13. The van der Waals surface area contributed by atoms with Crippen molar-refractivity contribution < 1.29 is 23.2 Å². The highest BCUT2D eigenvalue weighted by atomic mass is 16.7. The first-order chi connectivity index (χ1) is 9.56. The molecule has 1 aromatic heterocycles. The maximum atomic E-state index is 11.1. The summed E-state index contributed by atoms with van der Waals surface area (Å²) >= 11 is 0. The molecule has 0 spiro atoms. The fourth-order valence-corrected chi connectivity index (χ4v) is 1.54. The Morgan fingerprint density at radius 2 is 2.25 bits per heavy atom. The van der Waals surface area contributed by atoms with Crippen molar-refractivity contribution in [2.24, 2.45) is 0 Å². The molecular weight excluding hydrogens is 266 g/mol. The van der Waals surface area contributed by atoms with E-state index in [4.69, 9.17) is 4.74 Å². The van der Waals surface area contributed by atoms with E-state index < -0.39 is 18.1 Å². The number of rotatable bonds is 8. The Morgan fingerprint density at radius 3 is 2.80 bits per heavy atom. The van der Waals surface area contributed by atoms with Crippen molar-refractivity contribution in [2.75, 3.05) is 7.11 Å². The number of nitrogens with zero attached hydrogens (tertiary/aromatic N) is 1. The third-order valence-corrected chi connectivity index (χ3v) is 2.61. The van der Waals surface area contributed by atoms with E-state index in [-0.39, 0.29) is 5.89 Å². The molecule has 0 bridgehead atoms. The lowest BCUT2D eigenvalue weighted by Gasteiger charge is -2.17. The van der Waals surface area contributed by atoms with Crippen LogP contribution in [0, 0.1) is 0 Å². The summed E-state index contributed by atoms with van der Waals surface area (Å²) in [6, 6.07) is 0. The number of hydrogen-bond donors (Lipinski definition) is 0. The summed E-state index contributed by atoms with van der Waals surface area (Å²) in [4.78, 5) is 21.7. The standard InChI is InChI=1S/C13H17NO6/c1-4-9(2)10(18-12(15)17-3)7-5-6-8-11-14-20-13(16)19-11/h4,10H,1-2,5-8H2,3H3. The quantitative estimate of drug-likeness (QED) is 0.410. The molecule has 1 atom stereocenters. The second kappa shape index (κ2) is 7.98. The predicted octanol–water partition coefficient (Wildman–Crippen LogP) is 2.23. The number of carbonyl (C=O) groups excluding carboxylic acids is 1. The van der Waals surface area contributed by atoms with Crippen molar-refractivity contribution >= 4 is 6.16 Å². The Kier molecular flexibility index (Phi) is 6.28. The molecule has 1 rings (SSSR count). The van der Waals surface area contributed by atoms with E-state index in [1.165, 1.54) is 13.2 Å². The predicted molar refractivity (Wildman–Crippen MR) is 69.2 cm³/mol. The summed E-state index contributed by atoms with van der Waals surface area (Å²) < 4.78 is 18.5. The van der Waals surface area contributed by atoms with Crippen molar-refractivity contribution in [1.82, 2.24) is 5.16 Å². The van der Waals surface area contributed by atoms with Gasteiger partial charge in [-0.15, -0.1) is 0 Å². The first kappa shape index (κ1) is 15.7. The Balaban J connectivity index is 2.37. The minimum absolute atomic E-state index is 0.253. The van der Waals surface area contributed by atoms with E-state index in [0.717, 1.165) is 0 Å². The van der Waals surface area contributed by atoms with Crippen LogP contribution in [0.4, 0.5) is 4.79 Å². The molecule has 110 valence electrons. The molecule has 0 N–H and O–H groups in total. The van der Waals surface area contributed by atoms with Gasteiger partial charge in [0.15, 0.2) is 0 Å². The number of carbonyl (C=O) groups is 1. The number of ether oxygens (including phenoxy) is 2. The zero-order valence-electron chi connectivity index (χ0n) is 11.3. The van der Waals surface area contributed by atoms with E-state index in [1.54, 1.807) is 0 Å². The molecule has 7 heteroatoms. The van der Waals surface area contributed by atoms with Gasteiger partial charge in [0.25, 0.3) is 0 Å². The van der Waals surface area contributed by atoms with Crippen LogP contribution in [0.2, 0.25) is 0 Å². The topological polar surface area (TPSA) is 91.8 Å². The Hall–Kier alpha value is -2.31. The lowest BCUT2D eigenvalue weighted by atomic mass is 10.0. The largest absolute Gasteiger partial charge is 0.542 e. The molecule has 0 saturated carbocycles. The summed E-state index contributed by atoms with van der Waals surface area (Å²) in [5.41, 5.74) is 0.600. The minimum atomic E-state index is -0.813. The van der Waals surface area contributed by atoms with Gasteiger partial charge in [0, 0.05) is 6.42 Å². The van der Waals surface area contributed by atoms with Crippen molar-refractivity contribution in [1.29, 1.82) is 0 Å². The fraction of sp³-hybridized carbons (Fsp3) is 0.462. The highest BCUT2D eigenvalue weighted by Crippen LogP contribution is 2.15. The van der Waals surface area contributed by atoms with Gasteiger partial charge in [0.05, 0.1) is 7.11 Å². The molecule has 0 fully saturated rings. The highest BCUT2D eigenvalue weighted by molar-refractivity contribution is 5.60.